The van der Waals surface area contributed by atoms with E-state index >= 15 is 0 Å². The van der Waals surface area contributed by atoms with Crippen molar-refractivity contribution in [2.45, 2.75) is 38.6 Å². The maximum atomic E-state index is 12.5. The zero-order valence-electron chi connectivity index (χ0n) is 18.9. The molecule has 0 fully saturated rings. The highest BCUT2D eigenvalue weighted by molar-refractivity contribution is 5.87. The minimum absolute atomic E-state index is 0.172. The highest BCUT2D eigenvalue weighted by Gasteiger charge is 2.30. The topological polar surface area (TPSA) is 43.9 Å². The van der Waals surface area contributed by atoms with E-state index in [-0.39, 0.29) is 5.63 Å². The summed E-state index contributed by atoms with van der Waals surface area (Å²) in [6.07, 6.45) is 2.81. The number of benzene rings is 3. The van der Waals surface area contributed by atoms with Gasteiger partial charge in [0.15, 0.2) is 0 Å². The summed E-state index contributed by atoms with van der Waals surface area (Å²) < 4.78 is 12.1. The number of aryl methyl sites for hydroxylation is 2. The van der Waals surface area contributed by atoms with Crippen LogP contribution in [0.15, 0.2) is 75.9 Å². The standard InChI is InChI=1S/C29H27NO3/c1-19-27-22(15-25-23-13-8-14-24(23)29(31)33-28(19)25)16-30(18-32-27)17-26(20-9-4-2-5-10-20)21-11-6-3-7-12-21/h2-7,9-12,15,26H,8,13-14,16-18H2,1H3/p+1. The molecule has 166 valence electrons. The largest absolute Gasteiger partial charge is 0.444 e. The van der Waals surface area contributed by atoms with Gasteiger partial charge in [-0.25, -0.2) is 4.79 Å². The highest BCUT2D eigenvalue weighted by Crippen LogP contribution is 2.36. The average Bonchev–Trinajstić information content (AvgIpc) is 3.36. The Morgan fingerprint density at radius 1 is 0.939 bits per heavy atom. The van der Waals surface area contributed by atoms with Gasteiger partial charge in [0.05, 0.1) is 12.5 Å². The van der Waals surface area contributed by atoms with Crippen molar-refractivity contribution in [2.75, 3.05) is 13.3 Å². The lowest BCUT2D eigenvalue weighted by molar-refractivity contribution is -0.933. The molecule has 0 saturated heterocycles. The Kier molecular flexibility index (Phi) is 5.03. The van der Waals surface area contributed by atoms with Gasteiger partial charge >= 0.3 is 5.63 Å². The molecule has 1 unspecified atom stereocenters. The Balaban J connectivity index is 1.36. The number of fused-ring (bicyclic) bond motifs is 4. The van der Waals surface area contributed by atoms with E-state index in [1.54, 1.807) is 0 Å². The van der Waals surface area contributed by atoms with Crippen molar-refractivity contribution in [3.05, 3.63) is 111 Å². The van der Waals surface area contributed by atoms with Gasteiger partial charge in [0, 0.05) is 22.1 Å². The van der Waals surface area contributed by atoms with Gasteiger partial charge in [0.2, 0.25) is 6.73 Å². The molecule has 1 N–H and O–H groups in total. The minimum Gasteiger partial charge on any atom is -0.444 e. The lowest BCUT2D eigenvalue weighted by atomic mass is 9.90. The van der Waals surface area contributed by atoms with Crippen LogP contribution in [0.2, 0.25) is 0 Å². The lowest BCUT2D eigenvalue weighted by Gasteiger charge is -2.30. The quantitative estimate of drug-likeness (QED) is 0.487. The monoisotopic (exact) mass is 438 g/mol. The molecule has 4 aromatic rings. The van der Waals surface area contributed by atoms with E-state index in [1.807, 2.05) is 6.92 Å². The first-order chi connectivity index (χ1) is 16.2. The smallest absolute Gasteiger partial charge is 0.339 e. The van der Waals surface area contributed by atoms with E-state index in [0.29, 0.717) is 18.2 Å². The maximum Gasteiger partial charge on any atom is 0.339 e. The molecule has 1 aromatic heterocycles. The van der Waals surface area contributed by atoms with Crippen LogP contribution in [-0.4, -0.2) is 13.3 Å². The van der Waals surface area contributed by atoms with Crippen molar-refractivity contribution in [1.29, 1.82) is 0 Å². The molecule has 0 spiro atoms. The summed E-state index contributed by atoms with van der Waals surface area (Å²) in [7, 11) is 0. The first kappa shape index (κ1) is 20.3. The van der Waals surface area contributed by atoms with Crippen LogP contribution in [-0.2, 0) is 19.4 Å². The van der Waals surface area contributed by atoms with Crippen molar-refractivity contribution in [3.8, 4) is 5.75 Å². The third-order valence-corrected chi connectivity index (χ3v) is 7.28. The summed E-state index contributed by atoms with van der Waals surface area (Å²) >= 11 is 0. The van der Waals surface area contributed by atoms with E-state index in [2.05, 4.69) is 66.7 Å². The van der Waals surface area contributed by atoms with Crippen molar-refractivity contribution < 1.29 is 14.1 Å². The molecule has 4 nitrogen and oxygen atoms in total. The Morgan fingerprint density at radius 3 is 2.30 bits per heavy atom. The second-order valence-corrected chi connectivity index (χ2v) is 9.36. The van der Waals surface area contributed by atoms with Gasteiger partial charge in [-0.05, 0) is 48.9 Å². The maximum absolute atomic E-state index is 12.5. The highest BCUT2D eigenvalue weighted by atomic mass is 16.5. The molecule has 3 aromatic carbocycles. The molecule has 1 atom stereocenters. The van der Waals surface area contributed by atoms with Gasteiger partial charge in [0.25, 0.3) is 0 Å². The molecule has 1 aliphatic heterocycles. The number of hydrogen-bond acceptors (Lipinski definition) is 3. The van der Waals surface area contributed by atoms with Gasteiger partial charge in [0.1, 0.15) is 17.9 Å². The van der Waals surface area contributed by atoms with Crippen molar-refractivity contribution in [3.63, 3.8) is 0 Å². The molecule has 0 radical (unpaired) electrons. The Hall–Kier alpha value is -3.37. The average molecular weight is 439 g/mol. The van der Waals surface area contributed by atoms with Crippen molar-refractivity contribution >= 4 is 11.0 Å². The van der Waals surface area contributed by atoms with Crippen molar-refractivity contribution in [1.82, 2.24) is 0 Å². The van der Waals surface area contributed by atoms with Crippen LogP contribution in [0.25, 0.3) is 11.0 Å². The van der Waals surface area contributed by atoms with Gasteiger partial charge in [-0.2, -0.15) is 0 Å². The lowest BCUT2D eigenvalue weighted by Crippen LogP contribution is -3.12. The predicted octanol–water partition coefficient (Wildman–Crippen LogP) is 4.16. The summed E-state index contributed by atoms with van der Waals surface area (Å²) in [6, 6.07) is 23.7. The number of hydrogen-bond donors (Lipinski definition) is 1. The second-order valence-electron chi connectivity index (χ2n) is 9.36. The summed E-state index contributed by atoms with van der Waals surface area (Å²) in [6.45, 7) is 4.47. The van der Waals surface area contributed by atoms with Crippen molar-refractivity contribution in [2.24, 2.45) is 0 Å². The first-order valence-corrected chi connectivity index (χ1v) is 11.9. The second kappa shape index (κ2) is 8.20. The summed E-state index contributed by atoms with van der Waals surface area (Å²) in [5, 5.41) is 1.10. The van der Waals surface area contributed by atoms with Gasteiger partial charge in [-0.15, -0.1) is 0 Å². The molecule has 33 heavy (non-hydrogen) atoms. The normalized spacial score (nSPS) is 17.1. The SMILES string of the molecule is Cc1c2c(cc3c4c(c(=O)oc13)CCC4)C[NH+](CC(c1ccccc1)c1ccccc1)CO2. The molecule has 6 rings (SSSR count). The van der Waals surface area contributed by atoms with E-state index in [0.717, 1.165) is 54.6 Å². The van der Waals surface area contributed by atoms with Crippen LogP contribution >= 0.6 is 0 Å². The van der Waals surface area contributed by atoms with Gasteiger partial charge in [-0.1, -0.05) is 60.7 Å². The fourth-order valence-electron chi connectivity index (χ4n) is 5.67. The Labute approximate surface area is 193 Å². The van der Waals surface area contributed by atoms with Crippen LogP contribution in [0.5, 0.6) is 5.75 Å². The molecule has 2 aliphatic rings. The molecular formula is C29H28NO3+. The fraction of sp³-hybridized carbons (Fsp3) is 0.276. The first-order valence-electron chi connectivity index (χ1n) is 11.9. The Morgan fingerprint density at radius 2 is 1.61 bits per heavy atom. The van der Waals surface area contributed by atoms with Crippen LogP contribution < -0.4 is 15.3 Å². The summed E-state index contributed by atoms with van der Waals surface area (Å²) in [4.78, 5) is 13.9. The third kappa shape index (κ3) is 3.55. The van der Waals surface area contributed by atoms with Gasteiger partial charge in [-0.3, -0.25) is 4.90 Å². The molecule has 0 saturated carbocycles. The summed E-state index contributed by atoms with van der Waals surface area (Å²) in [5.41, 5.74) is 7.42. The molecule has 2 heterocycles. The predicted molar refractivity (Wildman–Crippen MR) is 129 cm³/mol. The van der Waals surface area contributed by atoms with Crippen LogP contribution in [0, 0.1) is 6.92 Å². The van der Waals surface area contributed by atoms with E-state index in [1.165, 1.54) is 27.2 Å². The van der Waals surface area contributed by atoms with Gasteiger partial charge < -0.3 is 9.15 Å². The molecule has 0 bridgehead atoms. The van der Waals surface area contributed by atoms with E-state index in [9.17, 15) is 4.79 Å². The zero-order chi connectivity index (χ0) is 22.4. The number of nitrogens with one attached hydrogen (secondary N) is 1. The van der Waals surface area contributed by atoms with E-state index in [4.69, 9.17) is 9.15 Å². The number of ether oxygens (including phenoxy) is 1. The van der Waals surface area contributed by atoms with Crippen LogP contribution in [0.3, 0.4) is 0 Å². The molecule has 0 amide bonds. The zero-order valence-corrected chi connectivity index (χ0v) is 18.9. The molecule has 4 heteroatoms. The molecular weight excluding hydrogens is 410 g/mol. The summed E-state index contributed by atoms with van der Waals surface area (Å²) in [5.74, 6) is 1.19. The molecule has 1 aliphatic carbocycles. The number of quaternary nitrogens is 1. The minimum atomic E-state index is -0.172. The fourth-order valence-corrected chi connectivity index (χ4v) is 5.67. The van der Waals surface area contributed by atoms with Crippen LogP contribution in [0.4, 0.5) is 0 Å². The van der Waals surface area contributed by atoms with Crippen LogP contribution in [0.1, 0.15) is 45.7 Å². The third-order valence-electron chi connectivity index (χ3n) is 7.28. The van der Waals surface area contributed by atoms with E-state index < -0.39 is 0 Å². The number of rotatable bonds is 4. The Bertz CT molecular complexity index is 1340.